The van der Waals surface area contributed by atoms with Crippen molar-refractivity contribution in [1.82, 2.24) is 20.4 Å². The van der Waals surface area contributed by atoms with Gasteiger partial charge in [0.1, 0.15) is 5.76 Å². The Morgan fingerprint density at radius 3 is 2.41 bits per heavy atom. The predicted molar refractivity (Wildman–Crippen MR) is 160 cm³/mol. The monoisotopic (exact) mass is 580 g/mol. The number of carbonyl (C=O) groups is 1. The summed E-state index contributed by atoms with van der Waals surface area (Å²) in [5, 5.41) is 7.13. The Bertz CT molecular complexity index is 1520. The van der Waals surface area contributed by atoms with Gasteiger partial charge in [0.05, 0.1) is 11.3 Å². The molecule has 2 aromatic heterocycles. The quantitative estimate of drug-likeness (QED) is 0.352. The topological polar surface area (TPSA) is 110 Å². The summed E-state index contributed by atoms with van der Waals surface area (Å²) in [6.07, 6.45) is 6.06. The first kappa shape index (κ1) is 29.3. The van der Waals surface area contributed by atoms with Gasteiger partial charge in [-0.05, 0) is 85.9 Å². The molecule has 1 aliphatic heterocycles. The van der Waals surface area contributed by atoms with E-state index in [1.54, 1.807) is 0 Å². The summed E-state index contributed by atoms with van der Waals surface area (Å²) < 4.78 is 18.9. The second-order valence-electron chi connectivity index (χ2n) is 11.7. The van der Waals surface area contributed by atoms with Crippen molar-refractivity contribution in [3.63, 3.8) is 0 Å². The summed E-state index contributed by atoms with van der Waals surface area (Å²) in [6, 6.07) is 4.31. The molecule has 220 valence electrons. The number of carbonyl (C=O) groups excluding carboxylic acids is 1. The molecule has 1 aliphatic carbocycles. The van der Waals surface area contributed by atoms with Crippen molar-refractivity contribution in [2.45, 2.75) is 83.6 Å². The summed E-state index contributed by atoms with van der Waals surface area (Å²) >= 11 is 1.48. The van der Waals surface area contributed by atoms with E-state index in [9.17, 15) is 9.59 Å². The van der Waals surface area contributed by atoms with Crippen LogP contribution in [-0.2, 0) is 6.54 Å². The molecule has 1 amide bonds. The predicted octanol–water partition coefficient (Wildman–Crippen LogP) is 5.52. The van der Waals surface area contributed by atoms with Crippen LogP contribution in [0.5, 0.6) is 11.5 Å². The number of aromatic nitrogens is 2. The maximum Gasteiger partial charge on any atom is 0.254 e. The molecule has 41 heavy (non-hydrogen) atoms. The third-order valence-corrected chi connectivity index (χ3v) is 9.49. The molecule has 1 unspecified atom stereocenters. The van der Waals surface area contributed by atoms with Crippen LogP contribution in [0.3, 0.4) is 0 Å². The molecule has 5 rings (SSSR count). The van der Waals surface area contributed by atoms with E-state index in [4.69, 9.17) is 14.0 Å². The standard InChI is InChI=1S/C31H40N4O5S/c1-16-13-25(41-8)24(30(37)33-16)15-32-29(36)22-14-23(26-18(3)34-40-19(26)4)28-27(17(22)2)38-31(5,39-28)20-9-11-21(12-10-20)35(6)7/h13-14,20-21H,9-12,15H2,1-8H3,(H,32,36)(H,33,37). The van der Waals surface area contributed by atoms with E-state index in [1.165, 1.54) is 11.8 Å². The Morgan fingerprint density at radius 1 is 1.12 bits per heavy atom. The van der Waals surface area contributed by atoms with Crippen LogP contribution in [-0.4, -0.2) is 53.1 Å². The fourth-order valence-electron chi connectivity index (χ4n) is 6.26. The molecule has 1 fully saturated rings. The molecule has 1 aromatic carbocycles. The molecule has 9 nitrogen and oxygen atoms in total. The maximum absolute atomic E-state index is 13.7. The zero-order valence-electron chi connectivity index (χ0n) is 25.2. The van der Waals surface area contributed by atoms with Crippen LogP contribution in [0.1, 0.15) is 71.2 Å². The van der Waals surface area contributed by atoms with Crippen LogP contribution in [0.25, 0.3) is 11.1 Å². The number of hydrogen-bond acceptors (Lipinski definition) is 8. The first-order valence-corrected chi connectivity index (χ1v) is 15.4. The van der Waals surface area contributed by atoms with Crippen LogP contribution in [0.4, 0.5) is 0 Å². The number of rotatable bonds is 7. The fraction of sp³-hybridized carbons (Fsp3) is 0.516. The lowest BCUT2D eigenvalue weighted by molar-refractivity contribution is -0.123. The molecule has 3 heterocycles. The molecule has 1 atom stereocenters. The number of fused-ring (bicyclic) bond motifs is 1. The maximum atomic E-state index is 13.7. The van der Waals surface area contributed by atoms with Crippen molar-refractivity contribution in [1.29, 1.82) is 0 Å². The van der Waals surface area contributed by atoms with Crippen molar-refractivity contribution in [2.24, 2.45) is 5.92 Å². The zero-order chi connectivity index (χ0) is 29.6. The molecule has 0 radical (unpaired) electrons. The van der Waals surface area contributed by atoms with Crippen molar-refractivity contribution in [3.05, 3.63) is 56.3 Å². The number of aromatic amines is 1. The van der Waals surface area contributed by atoms with E-state index in [2.05, 4.69) is 34.5 Å². The van der Waals surface area contributed by atoms with Crippen LogP contribution in [0.15, 0.2) is 26.3 Å². The van der Waals surface area contributed by atoms with Gasteiger partial charge in [-0.25, -0.2) is 0 Å². The van der Waals surface area contributed by atoms with Gasteiger partial charge in [-0.15, -0.1) is 11.8 Å². The second kappa shape index (κ2) is 11.2. The van der Waals surface area contributed by atoms with E-state index >= 15 is 0 Å². The lowest BCUT2D eigenvalue weighted by atomic mass is 9.81. The van der Waals surface area contributed by atoms with E-state index in [-0.39, 0.29) is 23.9 Å². The van der Waals surface area contributed by atoms with Crippen LogP contribution in [0, 0.1) is 33.6 Å². The molecule has 0 spiro atoms. The highest BCUT2D eigenvalue weighted by Gasteiger charge is 2.48. The highest BCUT2D eigenvalue weighted by atomic mass is 32.2. The average molecular weight is 581 g/mol. The third kappa shape index (κ3) is 5.39. The molecule has 0 saturated heterocycles. The van der Waals surface area contributed by atoms with E-state index in [1.807, 2.05) is 53.0 Å². The van der Waals surface area contributed by atoms with Crippen LogP contribution in [0.2, 0.25) is 0 Å². The number of aryl methyl sites for hydroxylation is 3. The highest BCUT2D eigenvalue weighted by Crippen LogP contribution is 2.53. The zero-order valence-corrected chi connectivity index (χ0v) is 26.0. The second-order valence-corrected chi connectivity index (χ2v) is 12.5. The minimum Gasteiger partial charge on any atom is -0.448 e. The highest BCUT2D eigenvalue weighted by molar-refractivity contribution is 7.98. The Morgan fingerprint density at radius 2 is 1.80 bits per heavy atom. The number of nitrogens with zero attached hydrogens (tertiary/aromatic N) is 2. The van der Waals surface area contributed by atoms with Crippen molar-refractivity contribution >= 4 is 17.7 Å². The number of ether oxygens (including phenoxy) is 2. The summed E-state index contributed by atoms with van der Waals surface area (Å²) in [5.41, 5.74) is 4.48. The number of amides is 1. The van der Waals surface area contributed by atoms with Gasteiger partial charge in [-0.3, -0.25) is 9.59 Å². The van der Waals surface area contributed by atoms with Gasteiger partial charge in [0.2, 0.25) is 0 Å². The smallest absolute Gasteiger partial charge is 0.254 e. The number of thioether (sulfide) groups is 1. The molecule has 1 saturated carbocycles. The van der Waals surface area contributed by atoms with Gasteiger partial charge in [0.25, 0.3) is 17.3 Å². The fourth-order valence-corrected chi connectivity index (χ4v) is 6.96. The van der Waals surface area contributed by atoms with Gasteiger partial charge < -0.3 is 29.2 Å². The van der Waals surface area contributed by atoms with Gasteiger partial charge in [0.15, 0.2) is 11.5 Å². The van der Waals surface area contributed by atoms with Crippen molar-refractivity contribution in [2.75, 3.05) is 20.4 Å². The Balaban J connectivity index is 1.50. The number of benzene rings is 1. The van der Waals surface area contributed by atoms with E-state index in [0.29, 0.717) is 45.7 Å². The minimum absolute atomic E-state index is 0.103. The number of H-pyrrole nitrogens is 1. The number of nitrogens with one attached hydrogen (secondary N) is 2. The lowest BCUT2D eigenvalue weighted by Crippen LogP contribution is -2.46. The first-order valence-electron chi connectivity index (χ1n) is 14.1. The van der Waals surface area contributed by atoms with Gasteiger partial charge in [-0.2, -0.15) is 0 Å². The van der Waals surface area contributed by atoms with Crippen molar-refractivity contribution in [3.8, 4) is 22.6 Å². The SMILES string of the molecule is CSc1cc(C)[nH]c(=O)c1CNC(=O)c1cc(-c2c(C)noc2C)c2c(c1C)OC(C)(C1CCC(N(C)C)CC1)O2. The Hall–Kier alpha value is -3.24. The molecular weight excluding hydrogens is 540 g/mol. The van der Waals surface area contributed by atoms with E-state index in [0.717, 1.165) is 47.4 Å². The Labute approximate surface area is 245 Å². The Kier molecular flexibility index (Phi) is 8.00. The van der Waals surface area contributed by atoms with Crippen LogP contribution >= 0.6 is 11.8 Å². The summed E-state index contributed by atoms with van der Waals surface area (Å²) in [6.45, 7) is 9.57. The van der Waals surface area contributed by atoms with Gasteiger partial charge in [-0.1, -0.05) is 5.16 Å². The van der Waals surface area contributed by atoms with Gasteiger partial charge >= 0.3 is 0 Å². The number of pyridine rings is 1. The van der Waals surface area contributed by atoms with Crippen molar-refractivity contribution < 1.29 is 18.8 Å². The molecule has 3 aromatic rings. The lowest BCUT2D eigenvalue weighted by Gasteiger charge is -2.39. The summed E-state index contributed by atoms with van der Waals surface area (Å²) in [4.78, 5) is 32.3. The molecule has 2 aliphatic rings. The molecule has 2 N–H and O–H groups in total. The summed E-state index contributed by atoms with van der Waals surface area (Å²) in [5.74, 6) is 0.885. The average Bonchev–Trinajstić information content (AvgIpc) is 3.47. The van der Waals surface area contributed by atoms with E-state index < -0.39 is 5.79 Å². The third-order valence-electron chi connectivity index (χ3n) is 8.68. The largest absolute Gasteiger partial charge is 0.448 e. The first-order chi connectivity index (χ1) is 19.4. The summed E-state index contributed by atoms with van der Waals surface area (Å²) in [7, 11) is 4.27. The minimum atomic E-state index is -0.852. The molecular formula is C31H40N4O5S. The molecule has 0 bridgehead atoms. The normalized spacial score (nSPS) is 21.9. The van der Waals surface area contributed by atoms with Crippen LogP contribution < -0.4 is 20.3 Å². The molecule has 10 heteroatoms. The number of hydrogen-bond donors (Lipinski definition) is 2. The van der Waals surface area contributed by atoms with Gasteiger partial charge in [0, 0.05) is 58.3 Å².